The zero-order valence-electron chi connectivity index (χ0n) is 16.3. The number of carboxylic acids is 1. The van der Waals surface area contributed by atoms with Crippen LogP contribution in [0.4, 0.5) is 10.5 Å². The number of amides is 1. The quantitative estimate of drug-likeness (QED) is 0.347. The van der Waals surface area contributed by atoms with Crippen molar-refractivity contribution in [2.45, 2.75) is 77.6 Å². The minimum Gasteiger partial charge on any atom is -0.507 e. The lowest BCUT2D eigenvalue weighted by molar-refractivity contribution is 0.0695. The number of hydrogen-bond acceptors (Lipinski definition) is 4. The summed E-state index contributed by atoms with van der Waals surface area (Å²) in [5.41, 5.74) is -0.324. The van der Waals surface area contributed by atoms with Crippen molar-refractivity contribution in [3.05, 3.63) is 23.8 Å². The van der Waals surface area contributed by atoms with Gasteiger partial charge in [-0.2, -0.15) is 0 Å². The number of aromatic carboxylic acids is 1. The maximum atomic E-state index is 11.8. The Kier molecular flexibility index (Phi) is 11.7. The Morgan fingerprint density at radius 3 is 2.04 bits per heavy atom. The highest BCUT2D eigenvalue weighted by atomic mass is 16.5. The summed E-state index contributed by atoms with van der Waals surface area (Å²) >= 11 is 0. The molecule has 1 amide bonds. The molecule has 27 heavy (non-hydrogen) atoms. The summed E-state index contributed by atoms with van der Waals surface area (Å²) in [6.07, 6.45) is 12.7. The lowest BCUT2D eigenvalue weighted by Gasteiger charge is -2.10. The number of carboxylic acid groups (broad SMARTS) is 1. The van der Waals surface area contributed by atoms with Crippen molar-refractivity contribution in [2.24, 2.45) is 0 Å². The molecule has 0 bridgehead atoms. The maximum absolute atomic E-state index is 11.8. The zero-order valence-corrected chi connectivity index (χ0v) is 16.3. The lowest BCUT2D eigenvalue weighted by Crippen LogP contribution is -2.16. The van der Waals surface area contributed by atoms with Gasteiger partial charge in [-0.1, -0.05) is 77.2 Å². The number of carbonyl (C=O) groups is 2. The molecule has 6 heteroatoms. The summed E-state index contributed by atoms with van der Waals surface area (Å²) in [6, 6.07) is 4.12. The van der Waals surface area contributed by atoms with Gasteiger partial charge in [0.1, 0.15) is 11.3 Å². The van der Waals surface area contributed by atoms with E-state index >= 15 is 0 Å². The molecule has 6 nitrogen and oxygen atoms in total. The molecule has 0 saturated heterocycles. The first-order valence-corrected chi connectivity index (χ1v) is 10.0. The van der Waals surface area contributed by atoms with Crippen LogP contribution in [0.3, 0.4) is 0 Å². The largest absolute Gasteiger partial charge is 0.507 e. The monoisotopic (exact) mass is 379 g/mol. The fraction of sp³-hybridized carbons (Fsp3) is 0.619. The van der Waals surface area contributed by atoms with E-state index in [1.165, 1.54) is 69.6 Å². The Labute approximate surface area is 161 Å². The van der Waals surface area contributed by atoms with Crippen molar-refractivity contribution in [1.82, 2.24) is 0 Å². The number of ether oxygens (including phenoxy) is 1. The number of nitrogens with one attached hydrogen (secondary N) is 1. The van der Waals surface area contributed by atoms with Gasteiger partial charge in [0.05, 0.1) is 12.3 Å². The Balaban J connectivity index is 2.09. The molecule has 1 aromatic rings. The van der Waals surface area contributed by atoms with Gasteiger partial charge in [-0.25, -0.2) is 9.59 Å². The van der Waals surface area contributed by atoms with Gasteiger partial charge >= 0.3 is 12.1 Å². The second-order valence-corrected chi connectivity index (χ2v) is 6.80. The van der Waals surface area contributed by atoms with Crippen molar-refractivity contribution in [3.63, 3.8) is 0 Å². The molecule has 3 N–H and O–H groups in total. The highest BCUT2D eigenvalue weighted by molar-refractivity contribution is 6.01. The van der Waals surface area contributed by atoms with Gasteiger partial charge in [-0.3, -0.25) is 5.32 Å². The molecular formula is C21H33NO5. The zero-order chi connectivity index (χ0) is 19.9. The summed E-state index contributed by atoms with van der Waals surface area (Å²) in [7, 11) is 0. The average molecular weight is 379 g/mol. The Bertz CT molecular complexity index is 574. The van der Waals surface area contributed by atoms with E-state index in [0.717, 1.165) is 19.3 Å². The van der Waals surface area contributed by atoms with Gasteiger partial charge in [0.25, 0.3) is 0 Å². The third-order valence-electron chi connectivity index (χ3n) is 4.47. The first-order valence-electron chi connectivity index (χ1n) is 10.0. The molecule has 0 atom stereocenters. The summed E-state index contributed by atoms with van der Waals surface area (Å²) in [4.78, 5) is 22.9. The van der Waals surface area contributed by atoms with E-state index in [0.29, 0.717) is 6.61 Å². The number of unbranched alkanes of at least 4 members (excludes halogenated alkanes) is 10. The highest BCUT2D eigenvalue weighted by Gasteiger charge is 2.17. The van der Waals surface area contributed by atoms with Crippen molar-refractivity contribution < 1.29 is 24.5 Å². The van der Waals surface area contributed by atoms with Crippen LogP contribution >= 0.6 is 0 Å². The van der Waals surface area contributed by atoms with Gasteiger partial charge in [0.2, 0.25) is 0 Å². The molecule has 1 rings (SSSR count). The van der Waals surface area contributed by atoms with E-state index in [-0.39, 0.29) is 11.3 Å². The standard InChI is InChI=1S/C21H33NO5/c1-2-3-4-5-6-7-8-9-10-11-12-16-27-21(26)22-17-14-13-15-18(23)19(17)20(24)25/h13-15,23H,2-12,16H2,1H3,(H,22,26)(H,24,25). The molecule has 0 aliphatic rings. The lowest BCUT2D eigenvalue weighted by atomic mass is 10.1. The minimum atomic E-state index is -1.31. The summed E-state index contributed by atoms with van der Waals surface area (Å²) in [6.45, 7) is 2.53. The van der Waals surface area contributed by atoms with Crippen LogP contribution < -0.4 is 5.32 Å². The molecule has 152 valence electrons. The second-order valence-electron chi connectivity index (χ2n) is 6.80. The summed E-state index contributed by atoms with van der Waals surface area (Å²) < 4.78 is 5.08. The number of aromatic hydroxyl groups is 1. The summed E-state index contributed by atoms with van der Waals surface area (Å²) in [5, 5.41) is 21.1. The Morgan fingerprint density at radius 2 is 1.48 bits per heavy atom. The van der Waals surface area contributed by atoms with Crippen molar-refractivity contribution in [3.8, 4) is 5.75 Å². The van der Waals surface area contributed by atoms with Gasteiger partial charge in [-0.05, 0) is 18.6 Å². The fourth-order valence-electron chi connectivity index (χ4n) is 2.95. The average Bonchev–Trinajstić information content (AvgIpc) is 2.62. The van der Waals surface area contributed by atoms with Crippen LogP contribution in [-0.4, -0.2) is 28.9 Å². The van der Waals surface area contributed by atoms with Crippen LogP contribution in [0.5, 0.6) is 5.75 Å². The van der Waals surface area contributed by atoms with E-state index in [1.807, 2.05) is 0 Å². The SMILES string of the molecule is CCCCCCCCCCCCCOC(=O)Nc1cccc(O)c1C(=O)O. The van der Waals surface area contributed by atoms with Crippen LogP contribution in [0, 0.1) is 0 Å². The Morgan fingerprint density at radius 1 is 0.926 bits per heavy atom. The number of rotatable bonds is 14. The molecule has 0 radical (unpaired) electrons. The number of benzene rings is 1. The molecule has 1 aromatic carbocycles. The normalized spacial score (nSPS) is 10.6. The predicted molar refractivity (Wildman–Crippen MR) is 106 cm³/mol. The van der Waals surface area contributed by atoms with E-state index < -0.39 is 17.8 Å². The third-order valence-corrected chi connectivity index (χ3v) is 4.47. The molecule has 0 spiro atoms. The van der Waals surface area contributed by atoms with Crippen molar-refractivity contribution in [2.75, 3.05) is 11.9 Å². The Hall–Kier alpha value is -2.24. The molecule has 0 aliphatic carbocycles. The maximum Gasteiger partial charge on any atom is 0.411 e. The molecule has 0 heterocycles. The number of carbonyl (C=O) groups excluding carboxylic acids is 1. The number of anilines is 1. The number of hydrogen-bond donors (Lipinski definition) is 3. The molecular weight excluding hydrogens is 346 g/mol. The van der Waals surface area contributed by atoms with E-state index in [1.54, 1.807) is 0 Å². The van der Waals surface area contributed by atoms with E-state index in [4.69, 9.17) is 9.84 Å². The van der Waals surface area contributed by atoms with Gasteiger partial charge < -0.3 is 14.9 Å². The van der Waals surface area contributed by atoms with Crippen molar-refractivity contribution >= 4 is 17.7 Å². The molecule has 0 saturated carbocycles. The topological polar surface area (TPSA) is 95.9 Å². The fourth-order valence-corrected chi connectivity index (χ4v) is 2.95. The summed E-state index contributed by atoms with van der Waals surface area (Å²) in [5.74, 6) is -1.71. The highest BCUT2D eigenvalue weighted by Crippen LogP contribution is 2.25. The van der Waals surface area contributed by atoms with Gasteiger partial charge in [-0.15, -0.1) is 0 Å². The molecule has 0 fully saturated rings. The molecule has 0 unspecified atom stereocenters. The number of phenols is 1. The van der Waals surface area contributed by atoms with Crippen LogP contribution in [0.2, 0.25) is 0 Å². The van der Waals surface area contributed by atoms with Gasteiger partial charge in [0, 0.05) is 0 Å². The smallest absolute Gasteiger partial charge is 0.411 e. The van der Waals surface area contributed by atoms with Crippen LogP contribution in [0.1, 0.15) is 87.9 Å². The first kappa shape index (κ1) is 22.8. The van der Waals surface area contributed by atoms with Crippen molar-refractivity contribution in [1.29, 1.82) is 0 Å². The van der Waals surface area contributed by atoms with Crippen LogP contribution in [0.15, 0.2) is 18.2 Å². The third kappa shape index (κ3) is 9.87. The first-order chi connectivity index (χ1) is 13.1. The molecule has 0 aromatic heterocycles. The second kappa shape index (κ2) is 13.9. The molecule has 0 aliphatic heterocycles. The van der Waals surface area contributed by atoms with Gasteiger partial charge in [0.15, 0.2) is 0 Å². The van der Waals surface area contributed by atoms with Crippen LogP contribution in [-0.2, 0) is 4.74 Å². The minimum absolute atomic E-state index is 0.0198. The van der Waals surface area contributed by atoms with E-state index in [2.05, 4.69) is 12.2 Å². The predicted octanol–water partition coefficient (Wildman–Crippen LogP) is 5.95. The van der Waals surface area contributed by atoms with E-state index in [9.17, 15) is 14.7 Å². The van der Waals surface area contributed by atoms with Crippen LogP contribution in [0.25, 0.3) is 0 Å².